The van der Waals surface area contributed by atoms with Crippen LogP contribution in [-0.2, 0) is 4.79 Å². The summed E-state index contributed by atoms with van der Waals surface area (Å²) in [6.45, 7) is -0.112. The Morgan fingerprint density at radius 3 is 3.06 bits per heavy atom. The number of rotatable bonds is 3. The molecule has 3 N–H and O–H groups in total. The molecule has 2 rings (SSSR count). The number of aromatic nitrogens is 3. The average Bonchev–Trinajstić information content (AvgIpc) is 2.55. The summed E-state index contributed by atoms with van der Waals surface area (Å²) in [6, 6.07) is 5.28. The molecular weight excluding hydrogens is 210 g/mol. The molecule has 7 heteroatoms. The van der Waals surface area contributed by atoms with Crippen molar-refractivity contribution >= 4 is 23.4 Å². The number of pyridine rings is 1. The van der Waals surface area contributed by atoms with Crippen LogP contribution >= 0.6 is 0 Å². The van der Waals surface area contributed by atoms with E-state index in [1.807, 2.05) is 0 Å². The third kappa shape index (κ3) is 1.74. The molecule has 0 aliphatic carbocycles. The summed E-state index contributed by atoms with van der Waals surface area (Å²) in [7, 11) is 1.67. The minimum absolute atomic E-state index is 0.112. The van der Waals surface area contributed by atoms with E-state index < -0.39 is 5.97 Å². The normalized spacial score (nSPS) is 10.6. The summed E-state index contributed by atoms with van der Waals surface area (Å²) in [5, 5.41) is 12.7. The Balaban J connectivity index is 2.47. The molecule has 2 aromatic heterocycles. The van der Waals surface area contributed by atoms with Crippen molar-refractivity contribution in [2.75, 3.05) is 24.2 Å². The number of likely N-dealkylation sites (N-methyl/N-ethyl adjacent to an activating group) is 1. The molecular formula is C9H11N5O2. The molecule has 0 unspecified atom stereocenters. The molecule has 0 amide bonds. The van der Waals surface area contributed by atoms with Crippen LogP contribution in [0, 0.1) is 0 Å². The Labute approximate surface area is 91.1 Å². The minimum Gasteiger partial charge on any atom is -0.480 e. The molecule has 0 aliphatic rings. The number of aliphatic carboxylic acids is 1. The lowest BCUT2D eigenvalue weighted by molar-refractivity contribution is -0.135. The number of carboxylic acid groups (broad SMARTS) is 1. The lowest BCUT2D eigenvalue weighted by Crippen LogP contribution is -2.27. The number of fused-ring (bicyclic) bond motifs is 1. The van der Waals surface area contributed by atoms with Crippen molar-refractivity contribution in [2.45, 2.75) is 0 Å². The Hall–Kier alpha value is -2.31. The molecule has 0 saturated heterocycles. The van der Waals surface area contributed by atoms with E-state index in [4.69, 9.17) is 10.8 Å². The quantitative estimate of drug-likeness (QED) is 0.747. The molecule has 0 fully saturated rings. The van der Waals surface area contributed by atoms with E-state index in [-0.39, 0.29) is 12.5 Å². The second-order valence-electron chi connectivity index (χ2n) is 3.37. The van der Waals surface area contributed by atoms with Gasteiger partial charge in [0.15, 0.2) is 5.65 Å². The van der Waals surface area contributed by atoms with Crippen LogP contribution in [0.1, 0.15) is 0 Å². The van der Waals surface area contributed by atoms with Gasteiger partial charge in [-0.1, -0.05) is 6.07 Å². The maximum atomic E-state index is 10.6. The van der Waals surface area contributed by atoms with Gasteiger partial charge in [-0.05, 0) is 12.1 Å². The van der Waals surface area contributed by atoms with Crippen molar-refractivity contribution in [1.29, 1.82) is 0 Å². The van der Waals surface area contributed by atoms with Gasteiger partial charge in [-0.15, -0.1) is 5.10 Å². The summed E-state index contributed by atoms with van der Waals surface area (Å²) in [5.41, 5.74) is 6.07. The first-order valence-electron chi connectivity index (χ1n) is 4.62. The van der Waals surface area contributed by atoms with Crippen LogP contribution in [0.15, 0.2) is 18.2 Å². The van der Waals surface area contributed by atoms with Crippen molar-refractivity contribution in [1.82, 2.24) is 14.6 Å². The van der Waals surface area contributed by atoms with Gasteiger partial charge in [-0.25, -0.2) is 0 Å². The number of nitrogens with two attached hydrogens (primary N) is 1. The number of hydrogen-bond donors (Lipinski definition) is 2. The van der Waals surface area contributed by atoms with Gasteiger partial charge in [0, 0.05) is 7.05 Å². The van der Waals surface area contributed by atoms with Gasteiger partial charge in [0.1, 0.15) is 12.4 Å². The van der Waals surface area contributed by atoms with Gasteiger partial charge in [0.25, 0.3) is 0 Å². The van der Waals surface area contributed by atoms with Crippen molar-refractivity contribution in [3.8, 4) is 0 Å². The highest BCUT2D eigenvalue weighted by atomic mass is 16.4. The van der Waals surface area contributed by atoms with E-state index in [1.165, 1.54) is 4.52 Å². The summed E-state index contributed by atoms with van der Waals surface area (Å²) in [6.07, 6.45) is 0. The number of nitrogens with zero attached hydrogens (tertiary/aromatic N) is 4. The topological polar surface area (TPSA) is 96.8 Å². The zero-order chi connectivity index (χ0) is 11.7. The van der Waals surface area contributed by atoms with Crippen LogP contribution in [-0.4, -0.2) is 39.3 Å². The van der Waals surface area contributed by atoms with E-state index >= 15 is 0 Å². The van der Waals surface area contributed by atoms with Crippen LogP contribution < -0.4 is 10.6 Å². The number of nitrogen functional groups attached to an aromatic ring is 1. The standard InChI is InChI=1S/C9H11N5O2/c1-13(5-8(15)16)7-4-2-3-6-11-9(10)12-14(6)7/h2-4H,5H2,1H3,(H2,10,12)(H,15,16). The fraction of sp³-hybridized carbons (Fsp3) is 0.222. The fourth-order valence-corrected chi connectivity index (χ4v) is 1.48. The minimum atomic E-state index is -0.910. The molecule has 16 heavy (non-hydrogen) atoms. The van der Waals surface area contributed by atoms with E-state index in [2.05, 4.69) is 10.1 Å². The predicted octanol–water partition coefficient (Wildman–Crippen LogP) is -0.168. The van der Waals surface area contributed by atoms with Crippen molar-refractivity contribution in [3.05, 3.63) is 18.2 Å². The molecule has 2 aromatic rings. The average molecular weight is 221 g/mol. The van der Waals surface area contributed by atoms with Crippen LogP contribution in [0.4, 0.5) is 11.8 Å². The number of anilines is 2. The lowest BCUT2D eigenvalue weighted by Gasteiger charge is -2.16. The molecule has 84 valence electrons. The first-order chi connectivity index (χ1) is 7.58. The fourth-order valence-electron chi connectivity index (χ4n) is 1.48. The van der Waals surface area contributed by atoms with Crippen molar-refractivity contribution in [2.24, 2.45) is 0 Å². The van der Waals surface area contributed by atoms with Crippen molar-refractivity contribution < 1.29 is 9.90 Å². The molecule has 2 heterocycles. The first-order valence-corrected chi connectivity index (χ1v) is 4.62. The highest BCUT2D eigenvalue weighted by Gasteiger charge is 2.11. The molecule has 0 aromatic carbocycles. The Morgan fingerprint density at radius 2 is 2.38 bits per heavy atom. The Bertz CT molecular complexity index is 536. The van der Waals surface area contributed by atoms with Gasteiger partial charge in [0.05, 0.1) is 0 Å². The van der Waals surface area contributed by atoms with E-state index in [1.54, 1.807) is 30.1 Å². The second kappa shape index (κ2) is 3.69. The maximum Gasteiger partial charge on any atom is 0.323 e. The molecule has 0 aliphatic heterocycles. The lowest BCUT2D eigenvalue weighted by atomic mass is 10.4. The first kappa shape index (κ1) is 10.2. The summed E-state index contributed by atoms with van der Waals surface area (Å²) < 4.78 is 1.51. The second-order valence-corrected chi connectivity index (χ2v) is 3.37. The summed E-state index contributed by atoms with van der Waals surface area (Å²) >= 11 is 0. The van der Waals surface area contributed by atoms with Crippen LogP contribution in [0.2, 0.25) is 0 Å². The van der Waals surface area contributed by atoms with Gasteiger partial charge in [-0.3, -0.25) is 4.79 Å². The molecule has 7 nitrogen and oxygen atoms in total. The SMILES string of the molecule is CN(CC(=O)O)c1cccc2nc(N)nn12. The largest absolute Gasteiger partial charge is 0.480 e. The third-order valence-electron chi connectivity index (χ3n) is 2.12. The van der Waals surface area contributed by atoms with Gasteiger partial charge in [-0.2, -0.15) is 9.50 Å². The molecule has 0 atom stereocenters. The van der Waals surface area contributed by atoms with E-state index in [9.17, 15) is 4.79 Å². The smallest absolute Gasteiger partial charge is 0.323 e. The van der Waals surface area contributed by atoms with Gasteiger partial charge in [0.2, 0.25) is 5.95 Å². The molecule has 0 bridgehead atoms. The Morgan fingerprint density at radius 1 is 1.62 bits per heavy atom. The van der Waals surface area contributed by atoms with Crippen LogP contribution in [0.5, 0.6) is 0 Å². The molecule has 0 saturated carbocycles. The van der Waals surface area contributed by atoms with E-state index in [0.717, 1.165) is 0 Å². The zero-order valence-electron chi connectivity index (χ0n) is 8.66. The highest BCUT2D eigenvalue weighted by molar-refractivity contribution is 5.73. The molecule has 0 radical (unpaired) electrons. The summed E-state index contributed by atoms with van der Waals surface area (Å²) in [4.78, 5) is 16.2. The van der Waals surface area contributed by atoms with Crippen LogP contribution in [0.25, 0.3) is 5.65 Å². The Kier molecular flexibility index (Phi) is 2.35. The van der Waals surface area contributed by atoms with Gasteiger partial charge < -0.3 is 15.7 Å². The summed E-state index contributed by atoms with van der Waals surface area (Å²) in [5.74, 6) is -0.118. The number of hydrogen-bond acceptors (Lipinski definition) is 5. The number of carbonyl (C=O) groups is 1. The van der Waals surface area contributed by atoms with Gasteiger partial charge >= 0.3 is 5.97 Å². The monoisotopic (exact) mass is 221 g/mol. The third-order valence-corrected chi connectivity index (χ3v) is 2.12. The predicted molar refractivity (Wildman–Crippen MR) is 58.3 cm³/mol. The van der Waals surface area contributed by atoms with Crippen molar-refractivity contribution in [3.63, 3.8) is 0 Å². The van der Waals surface area contributed by atoms with Crippen LogP contribution in [0.3, 0.4) is 0 Å². The maximum absolute atomic E-state index is 10.6. The number of carboxylic acids is 1. The molecule has 0 spiro atoms. The highest BCUT2D eigenvalue weighted by Crippen LogP contribution is 2.14. The zero-order valence-corrected chi connectivity index (χ0v) is 8.66. The van der Waals surface area contributed by atoms with E-state index in [0.29, 0.717) is 11.5 Å².